The summed E-state index contributed by atoms with van der Waals surface area (Å²) in [6.45, 7) is 6.07. The van der Waals surface area contributed by atoms with Gasteiger partial charge in [-0.1, -0.05) is 26.8 Å². The highest BCUT2D eigenvalue weighted by atomic mass is 16.5. The Labute approximate surface area is 125 Å². The molecule has 5 heteroatoms. The minimum Gasteiger partial charge on any atom is -0.497 e. The Morgan fingerprint density at radius 3 is 2.71 bits per heavy atom. The highest BCUT2D eigenvalue weighted by molar-refractivity contribution is 5.97. The molecule has 5 nitrogen and oxygen atoms in total. The number of carbonyl (C=O) groups is 2. The molecule has 1 heterocycles. The van der Waals surface area contributed by atoms with Crippen LogP contribution in [0.3, 0.4) is 0 Å². The van der Waals surface area contributed by atoms with Crippen molar-refractivity contribution in [2.24, 2.45) is 5.41 Å². The van der Waals surface area contributed by atoms with E-state index >= 15 is 0 Å². The zero-order valence-corrected chi connectivity index (χ0v) is 13.0. The van der Waals surface area contributed by atoms with Crippen molar-refractivity contribution in [2.75, 3.05) is 18.6 Å². The van der Waals surface area contributed by atoms with Crippen LogP contribution in [0.5, 0.6) is 5.75 Å². The average molecular weight is 290 g/mol. The van der Waals surface area contributed by atoms with Gasteiger partial charge in [-0.3, -0.25) is 9.59 Å². The van der Waals surface area contributed by atoms with E-state index in [-0.39, 0.29) is 17.9 Å². The van der Waals surface area contributed by atoms with E-state index in [2.05, 4.69) is 5.32 Å². The first kappa shape index (κ1) is 15.4. The minimum atomic E-state index is -0.452. The summed E-state index contributed by atoms with van der Waals surface area (Å²) in [5, 5.41) is 2.94. The van der Waals surface area contributed by atoms with Gasteiger partial charge in [0.1, 0.15) is 5.75 Å². The number of hydrogen-bond donors (Lipinski definition) is 1. The summed E-state index contributed by atoms with van der Waals surface area (Å²) in [5.74, 6) is 0.692. The molecular formula is C16H22N2O3. The Kier molecular flexibility index (Phi) is 4.21. The fourth-order valence-electron chi connectivity index (χ4n) is 2.23. The Morgan fingerprint density at radius 1 is 1.38 bits per heavy atom. The summed E-state index contributed by atoms with van der Waals surface area (Å²) >= 11 is 0. The van der Waals surface area contributed by atoms with E-state index in [1.807, 2.05) is 45.0 Å². The number of ether oxygens (including phenoxy) is 1. The summed E-state index contributed by atoms with van der Waals surface area (Å²) in [6, 6.07) is 7.24. The number of carbonyl (C=O) groups excluding carboxylic acids is 2. The van der Waals surface area contributed by atoms with Crippen molar-refractivity contribution < 1.29 is 14.3 Å². The fraction of sp³-hybridized carbons (Fsp3) is 0.500. The van der Waals surface area contributed by atoms with Crippen molar-refractivity contribution in [3.8, 4) is 5.75 Å². The molecule has 1 saturated heterocycles. The second kappa shape index (κ2) is 5.76. The van der Waals surface area contributed by atoms with Gasteiger partial charge in [0.05, 0.1) is 13.2 Å². The van der Waals surface area contributed by atoms with Crippen LogP contribution in [0.2, 0.25) is 0 Å². The topological polar surface area (TPSA) is 58.6 Å². The Morgan fingerprint density at radius 2 is 2.10 bits per heavy atom. The van der Waals surface area contributed by atoms with Gasteiger partial charge < -0.3 is 15.0 Å². The Balaban J connectivity index is 2.07. The van der Waals surface area contributed by atoms with Crippen molar-refractivity contribution in [1.82, 2.24) is 5.32 Å². The number of benzene rings is 1. The molecule has 0 bridgehead atoms. The van der Waals surface area contributed by atoms with E-state index in [9.17, 15) is 9.59 Å². The molecule has 1 N–H and O–H groups in total. The summed E-state index contributed by atoms with van der Waals surface area (Å²) in [6.07, 6.45) is 0.332. The summed E-state index contributed by atoms with van der Waals surface area (Å²) < 4.78 is 5.18. The molecule has 1 aromatic rings. The van der Waals surface area contributed by atoms with E-state index in [0.717, 1.165) is 5.69 Å². The van der Waals surface area contributed by atoms with Crippen LogP contribution >= 0.6 is 0 Å². The van der Waals surface area contributed by atoms with Crippen LogP contribution in [-0.2, 0) is 9.59 Å². The fourth-order valence-corrected chi connectivity index (χ4v) is 2.23. The van der Waals surface area contributed by atoms with E-state index in [4.69, 9.17) is 4.74 Å². The third-order valence-corrected chi connectivity index (χ3v) is 3.51. The first-order valence-electron chi connectivity index (χ1n) is 7.06. The summed E-state index contributed by atoms with van der Waals surface area (Å²) in [5.41, 5.74) is 0.346. The molecule has 0 spiro atoms. The maximum absolute atomic E-state index is 12.1. The van der Waals surface area contributed by atoms with Crippen molar-refractivity contribution in [1.29, 1.82) is 0 Å². The predicted molar refractivity (Wildman–Crippen MR) is 81.3 cm³/mol. The van der Waals surface area contributed by atoms with Crippen molar-refractivity contribution in [3.63, 3.8) is 0 Å². The van der Waals surface area contributed by atoms with E-state index in [1.165, 1.54) is 0 Å². The lowest BCUT2D eigenvalue weighted by molar-refractivity contribution is -0.129. The van der Waals surface area contributed by atoms with Crippen LogP contribution in [0.25, 0.3) is 0 Å². The molecule has 0 aromatic heterocycles. The number of methoxy groups -OCH3 is 1. The Bertz CT molecular complexity index is 549. The van der Waals surface area contributed by atoms with Crippen LogP contribution in [0.15, 0.2) is 24.3 Å². The standard InChI is InChI=1S/C16H22N2O3/c1-16(2,3)15(20)17-11-8-14(19)18(10-11)12-6-5-7-13(9-12)21-4/h5-7,9,11H,8,10H2,1-4H3,(H,17,20)/t11-/m1/s1. The average Bonchev–Trinajstić information content (AvgIpc) is 2.78. The maximum Gasteiger partial charge on any atom is 0.229 e. The number of rotatable bonds is 3. The normalized spacial score (nSPS) is 18.8. The largest absolute Gasteiger partial charge is 0.497 e. The van der Waals surface area contributed by atoms with E-state index in [0.29, 0.717) is 18.7 Å². The molecule has 114 valence electrons. The van der Waals surface area contributed by atoms with Gasteiger partial charge in [-0.25, -0.2) is 0 Å². The summed E-state index contributed by atoms with van der Waals surface area (Å²) in [7, 11) is 1.59. The van der Waals surface area contributed by atoms with Crippen LogP contribution in [0, 0.1) is 5.41 Å². The second-order valence-corrected chi connectivity index (χ2v) is 6.33. The molecule has 0 saturated carbocycles. The SMILES string of the molecule is COc1cccc(N2C[C@H](NC(=O)C(C)(C)C)CC2=O)c1. The van der Waals surface area contributed by atoms with Gasteiger partial charge in [0.25, 0.3) is 0 Å². The van der Waals surface area contributed by atoms with E-state index in [1.54, 1.807) is 12.0 Å². The highest BCUT2D eigenvalue weighted by Crippen LogP contribution is 2.26. The molecule has 1 atom stereocenters. The molecule has 0 unspecified atom stereocenters. The molecule has 1 aromatic carbocycles. The van der Waals surface area contributed by atoms with Crippen LogP contribution < -0.4 is 15.0 Å². The zero-order valence-electron chi connectivity index (χ0n) is 13.0. The van der Waals surface area contributed by atoms with Gasteiger partial charge in [0.2, 0.25) is 11.8 Å². The maximum atomic E-state index is 12.1. The molecule has 2 rings (SSSR count). The molecule has 21 heavy (non-hydrogen) atoms. The lowest BCUT2D eigenvalue weighted by atomic mass is 9.95. The van der Waals surface area contributed by atoms with E-state index < -0.39 is 5.41 Å². The van der Waals surface area contributed by atoms with Crippen molar-refractivity contribution >= 4 is 17.5 Å². The van der Waals surface area contributed by atoms with Gasteiger partial charge in [-0.05, 0) is 12.1 Å². The predicted octanol–water partition coefficient (Wildman–Crippen LogP) is 1.96. The van der Waals surface area contributed by atoms with Crippen LogP contribution in [0.4, 0.5) is 5.69 Å². The lowest BCUT2D eigenvalue weighted by Gasteiger charge is -2.22. The smallest absolute Gasteiger partial charge is 0.229 e. The zero-order chi connectivity index (χ0) is 15.6. The number of anilines is 1. The number of amides is 2. The first-order valence-corrected chi connectivity index (χ1v) is 7.06. The molecule has 2 amide bonds. The van der Waals surface area contributed by atoms with Gasteiger partial charge in [0.15, 0.2) is 0 Å². The number of nitrogens with zero attached hydrogens (tertiary/aromatic N) is 1. The monoisotopic (exact) mass is 290 g/mol. The number of hydrogen-bond acceptors (Lipinski definition) is 3. The molecule has 0 radical (unpaired) electrons. The van der Waals surface area contributed by atoms with Crippen molar-refractivity contribution in [2.45, 2.75) is 33.2 Å². The van der Waals surface area contributed by atoms with Gasteiger partial charge in [-0.2, -0.15) is 0 Å². The molecular weight excluding hydrogens is 268 g/mol. The van der Waals surface area contributed by atoms with Crippen LogP contribution in [-0.4, -0.2) is 31.5 Å². The number of nitrogens with one attached hydrogen (secondary N) is 1. The summed E-state index contributed by atoms with van der Waals surface area (Å²) in [4.78, 5) is 25.9. The quantitative estimate of drug-likeness (QED) is 0.926. The molecule has 1 aliphatic heterocycles. The van der Waals surface area contributed by atoms with Crippen LogP contribution in [0.1, 0.15) is 27.2 Å². The molecule has 1 fully saturated rings. The third kappa shape index (κ3) is 3.54. The minimum absolute atomic E-state index is 0.0162. The Hall–Kier alpha value is -2.04. The third-order valence-electron chi connectivity index (χ3n) is 3.51. The van der Waals surface area contributed by atoms with Gasteiger partial charge >= 0.3 is 0 Å². The molecule has 0 aliphatic carbocycles. The lowest BCUT2D eigenvalue weighted by Crippen LogP contribution is -2.43. The van der Waals surface area contributed by atoms with Crippen molar-refractivity contribution in [3.05, 3.63) is 24.3 Å². The second-order valence-electron chi connectivity index (χ2n) is 6.33. The highest BCUT2D eigenvalue weighted by Gasteiger charge is 2.33. The van der Waals surface area contributed by atoms with Gasteiger partial charge in [0, 0.05) is 30.1 Å². The first-order chi connectivity index (χ1) is 9.81. The van der Waals surface area contributed by atoms with Gasteiger partial charge in [-0.15, -0.1) is 0 Å². The molecule has 1 aliphatic rings.